The Balaban J connectivity index is 2.73. The number of fused-ring (bicyclic) bond motifs is 1. The van der Waals surface area contributed by atoms with E-state index in [2.05, 4.69) is 4.98 Å². The first kappa shape index (κ1) is 9.02. The predicted molar refractivity (Wildman–Crippen MR) is 49.6 cm³/mol. The van der Waals surface area contributed by atoms with Gasteiger partial charge in [-0.3, -0.25) is 9.59 Å². The number of aromatic amines is 1. The Morgan fingerprint density at radius 2 is 1.88 bits per heavy atom. The van der Waals surface area contributed by atoms with Gasteiger partial charge in [0.2, 0.25) is 5.78 Å². The highest BCUT2D eigenvalue weighted by molar-refractivity contribution is 6.22. The van der Waals surface area contributed by atoms with E-state index in [1.807, 2.05) is 0 Å². The van der Waals surface area contributed by atoms with Crippen molar-refractivity contribution in [2.24, 2.45) is 0 Å². The van der Waals surface area contributed by atoms with Gasteiger partial charge in [-0.05, 0) is 6.07 Å². The van der Waals surface area contributed by atoms with Crippen molar-refractivity contribution in [2.75, 3.05) is 0 Å². The summed E-state index contributed by atoms with van der Waals surface area (Å²) in [6.45, 7) is 0. The van der Waals surface area contributed by atoms with Crippen molar-refractivity contribution < 1.29 is 18.7 Å². The van der Waals surface area contributed by atoms with Gasteiger partial charge in [0.15, 0.2) is 17.4 Å². The van der Waals surface area contributed by atoms with Gasteiger partial charge in [-0.1, -0.05) is 0 Å². The van der Waals surface area contributed by atoms with Crippen LogP contribution >= 0.6 is 0 Å². The van der Waals surface area contributed by atoms with Crippen LogP contribution < -0.4 is 5.56 Å². The third-order valence-corrected chi connectivity index (χ3v) is 2.63. The molecule has 0 radical (unpaired) electrons. The number of H-pyrrole nitrogens is 1. The molecule has 16 heavy (non-hydrogen) atoms. The molecule has 1 aromatic carbocycles. The molecule has 4 bridgehead atoms. The molecular formula is C10H3F2NO3. The Bertz CT molecular complexity index is 733. The number of hydrogen-bond acceptors (Lipinski definition) is 3. The van der Waals surface area contributed by atoms with Crippen LogP contribution in [-0.4, -0.2) is 15.9 Å². The molecular weight excluding hydrogens is 220 g/mol. The lowest BCUT2D eigenvalue weighted by atomic mass is 9.90. The van der Waals surface area contributed by atoms with Gasteiger partial charge in [0.25, 0.3) is 5.56 Å². The van der Waals surface area contributed by atoms with E-state index in [0.29, 0.717) is 0 Å². The molecule has 0 fully saturated rings. The summed E-state index contributed by atoms with van der Waals surface area (Å²) >= 11 is 0. The van der Waals surface area contributed by atoms with Gasteiger partial charge >= 0.3 is 0 Å². The topological polar surface area (TPSA) is 70.2 Å². The molecule has 6 heteroatoms. The Hall–Kier alpha value is -2.24. The smallest absolute Gasteiger partial charge is 0.291 e. The average molecular weight is 223 g/mol. The van der Waals surface area contributed by atoms with Crippen molar-refractivity contribution in [1.82, 2.24) is 4.98 Å². The van der Waals surface area contributed by atoms with E-state index >= 15 is 0 Å². The second-order valence-corrected chi connectivity index (χ2v) is 3.48. The largest absolute Gasteiger partial charge is 0.502 e. The lowest BCUT2D eigenvalue weighted by Crippen LogP contribution is -2.20. The number of aromatic hydroxyl groups is 1. The standard InChI is InChI=1S/C10H3F2NO3/c11-6-2-1-3-4(7(6)12)5(8(2)14)9(15)10(16)13-3/h1,15H,(H,13,16). The number of carbonyl (C=O) groups is 1. The van der Waals surface area contributed by atoms with Gasteiger partial charge in [0.05, 0.1) is 22.0 Å². The first-order chi connectivity index (χ1) is 7.52. The highest BCUT2D eigenvalue weighted by atomic mass is 19.2. The maximum Gasteiger partial charge on any atom is 0.291 e. The predicted octanol–water partition coefficient (Wildman–Crippen LogP) is 1.06. The molecule has 0 unspecified atom stereocenters. The van der Waals surface area contributed by atoms with Gasteiger partial charge in [-0.2, -0.15) is 0 Å². The molecule has 4 rings (SSSR count). The summed E-state index contributed by atoms with van der Waals surface area (Å²) in [6.07, 6.45) is 0. The Labute approximate surface area is 86.1 Å². The Morgan fingerprint density at radius 3 is 2.56 bits per heavy atom. The van der Waals surface area contributed by atoms with Crippen molar-refractivity contribution in [3.63, 3.8) is 0 Å². The van der Waals surface area contributed by atoms with Crippen LogP contribution in [0.4, 0.5) is 8.78 Å². The molecule has 1 aromatic heterocycles. The highest BCUT2D eigenvalue weighted by Crippen LogP contribution is 2.35. The van der Waals surface area contributed by atoms with Crippen molar-refractivity contribution in [2.45, 2.75) is 0 Å². The third kappa shape index (κ3) is 0.781. The maximum atomic E-state index is 13.4. The normalized spacial score (nSPS) is 13.0. The number of hydrogen-bond donors (Lipinski definition) is 2. The van der Waals surface area contributed by atoms with Crippen molar-refractivity contribution in [3.05, 3.63) is 39.2 Å². The van der Waals surface area contributed by atoms with Crippen LogP contribution in [-0.2, 0) is 0 Å². The van der Waals surface area contributed by atoms with E-state index < -0.39 is 39.9 Å². The number of benzene rings is 1. The van der Waals surface area contributed by atoms with E-state index in [-0.39, 0.29) is 10.9 Å². The first-order valence-electron chi connectivity index (χ1n) is 4.34. The van der Waals surface area contributed by atoms with Gasteiger partial charge in [-0.25, -0.2) is 8.78 Å². The summed E-state index contributed by atoms with van der Waals surface area (Å²) in [6, 6.07) is 1.06. The van der Waals surface area contributed by atoms with Crippen LogP contribution in [0.15, 0.2) is 10.9 Å². The van der Waals surface area contributed by atoms with Gasteiger partial charge in [-0.15, -0.1) is 0 Å². The van der Waals surface area contributed by atoms with Crippen LogP contribution in [0.1, 0.15) is 15.9 Å². The van der Waals surface area contributed by atoms with Crippen LogP contribution in [0.3, 0.4) is 0 Å². The minimum absolute atomic E-state index is 0.00583. The Kier molecular flexibility index (Phi) is 1.39. The summed E-state index contributed by atoms with van der Waals surface area (Å²) < 4.78 is 26.6. The number of nitrogens with one attached hydrogen (secondary N) is 1. The monoisotopic (exact) mass is 223 g/mol. The second-order valence-electron chi connectivity index (χ2n) is 3.48. The molecule has 2 aliphatic carbocycles. The summed E-state index contributed by atoms with van der Waals surface area (Å²) in [5, 5.41) is 8.98. The number of rotatable bonds is 0. The fraction of sp³-hybridized carbons (Fsp3) is 0. The highest BCUT2D eigenvalue weighted by Gasteiger charge is 2.33. The zero-order chi connectivity index (χ0) is 11.6. The quantitative estimate of drug-likeness (QED) is 0.598. The lowest BCUT2D eigenvalue weighted by molar-refractivity contribution is 0.103. The van der Waals surface area contributed by atoms with E-state index in [1.165, 1.54) is 0 Å². The van der Waals surface area contributed by atoms with E-state index in [4.69, 9.17) is 0 Å². The molecule has 1 heterocycles. The van der Waals surface area contributed by atoms with E-state index in [1.54, 1.807) is 0 Å². The number of carbonyl (C=O) groups excluding carboxylic acids is 1. The number of pyridine rings is 1. The summed E-state index contributed by atoms with van der Waals surface area (Å²) in [5.41, 5.74) is -1.84. The van der Waals surface area contributed by atoms with Gasteiger partial charge in [0, 0.05) is 0 Å². The molecule has 0 atom stereocenters. The molecule has 2 aliphatic rings. The average Bonchev–Trinajstić information content (AvgIpc) is 2.24. The lowest BCUT2D eigenvalue weighted by Gasteiger charge is -2.16. The first-order valence-corrected chi connectivity index (χ1v) is 4.34. The van der Waals surface area contributed by atoms with E-state index in [9.17, 15) is 23.5 Å². The molecule has 0 amide bonds. The molecule has 0 spiro atoms. The molecule has 0 aliphatic heterocycles. The summed E-state index contributed by atoms with van der Waals surface area (Å²) in [4.78, 5) is 24.9. The number of aromatic nitrogens is 1. The molecule has 2 aromatic rings. The van der Waals surface area contributed by atoms with Crippen LogP contribution in [0, 0.1) is 11.6 Å². The van der Waals surface area contributed by atoms with Crippen LogP contribution in [0.5, 0.6) is 5.75 Å². The van der Waals surface area contributed by atoms with Crippen LogP contribution in [0.25, 0.3) is 10.9 Å². The van der Waals surface area contributed by atoms with Gasteiger partial charge in [0.1, 0.15) is 0 Å². The number of ketones is 1. The molecule has 2 N–H and O–H groups in total. The molecule has 80 valence electrons. The minimum Gasteiger partial charge on any atom is -0.502 e. The van der Waals surface area contributed by atoms with Crippen molar-refractivity contribution in [1.29, 1.82) is 0 Å². The number of halogens is 2. The molecule has 0 saturated carbocycles. The maximum absolute atomic E-state index is 13.4. The third-order valence-electron chi connectivity index (χ3n) is 2.63. The Morgan fingerprint density at radius 1 is 1.19 bits per heavy atom. The molecule has 0 saturated heterocycles. The SMILES string of the molecule is O=C1c2cc3[nH]c(=O)c(O)c1c3c(F)c2F. The minimum atomic E-state index is -1.25. The summed E-state index contributed by atoms with van der Waals surface area (Å²) in [5.74, 6) is -4.23. The second kappa shape index (κ2) is 2.46. The van der Waals surface area contributed by atoms with Crippen molar-refractivity contribution >= 4 is 16.7 Å². The fourth-order valence-electron chi connectivity index (χ4n) is 1.90. The van der Waals surface area contributed by atoms with Crippen molar-refractivity contribution in [3.8, 4) is 5.75 Å². The zero-order valence-electron chi connectivity index (χ0n) is 7.60. The fourth-order valence-corrected chi connectivity index (χ4v) is 1.90. The zero-order valence-corrected chi connectivity index (χ0v) is 7.60. The summed E-state index contributed by atoms with van der Waals surface area (Å²) in [7, 11) is 0. The van der Waals surface area contributed by atoms with E-state index in [0.717, 1.165) is 6.07 Å². The van der Waals surface area contributed by atoms with Crippen LogP contribution in [0.2, 0.25) is 0 Å². The molecule has 4 nitrogen and oxygen atoms in total. The van der Waals surface area contributed by atoms with Gasteiger partial charge < -0.3 is 10.1 Å².